The number of aliphatic hydroxyl groups is 1. The number of carbonyl (C=O) groups excluding carboxylic acids is 1. The average Bonchev–Trinajstić information content (AvgIpc) is 2.90. The number of esters is 1. The third-order valence-electron chi connectivity index (χ3n) is 7.46. The molecule has 0 bridgehead atoms. The van der Waals surface area contributed by atoms with Gasteiger partial charge >= 0.3 is 5.97 Å². The summed E-state index contributed by atoms with van der Waals surface area (Å²) < 4.78 is 26.7. The molecule has 0 saturated heterocycles. The van der Waals surface area contributed by atoms with Gasteiger partial charge in [0.2, 0.25) is 0 Å². The van der Waals surface area contributed by atoms with E-state index >= 15 is 4.39 Å². The molecule has 0 unspecified atom stereocenters. The lowest BCUT2D eigenvalue weighted by Gasteiger charge is -2.26. The monoisotopic (exact) mass is 576 g/mol. The van der Waals surface area contributed by atoms with Gasteiger partial charge in [0, 0.05) is 29.1 Å². The molecule has 2 aromatic carbocycles. The number of aromatic nitrogens is 1. The number of nitrogens with one attached hydrogen (secondary N) is 1. The van der Waals surface area contributed by atoms with E-state index in [-0.39, 0.29) is 24.3 Å². The van der Waals surface area contributed by atoms with Gasteiger partial charge in [-0.2, -0.15) is 0 Å². The zero-order chi connectivity index (χ0) is 30.8. The van der Waals surface area contributed by atoms with Crippen LogP contribution in [0.15, 0.2) is 24.3 Å². The van der Waals surface area contributed by atoms with Crippen LogP contribution in [0.5, 0.6) is 5.75 Å². The van der Waals surface area contributed by atoms with Gasteiger partial charge < -0.3 is 19.9 Å². The summed E-state index contributed by atoms with van der Waals surface area (Å²) in [5.41, 5.74) is 10.0. The molecule has 0 spiro atoms. The molecule has 0 saturated carbocycles. The smallest absolute Gasteiger partial charge is 0.310 e. The Labute approximate surface area is 249 Å². The molecule has 7 heteroatoms. The number of halogens is 1. The SMILES string of the molecule is CC(C)(C)O.Cc1nc(C)c(-c2ccc3c(c2)CCNC3)c(-c2cc(F)c3c(c2C)CCCO3)c1CC(=O)OC(C)C. The van der Waals surface area contributed by atoms with E-state index in [9.17, 15) is 4.79 Å². The van der Waals surface area contributed by atoms with Crippen LogP contribution in [-0.2, 0) is 35.3 Å². The molecule has 0 amide bonds. The molecular formula is C35H45FN2O4. The number of ether oxygens (including phenoxy) is 2. The summed E-state index contributed by atoms with van der Waals surface area (Å²) in [5.74, 6) is -0.314. The number of fused-ring (bicyclic) bond motifs is 2. The fourth-order valence-electron chi connectivity index (χ4n) is 5.75. The third-order valence-corrected chi connectivity index (χ3v) is 7.46. The lowest BCUT2D eigenvalue weighted by Crippen LogP contribution is -2.23. The second-order valence-electron chi connectivity index (χ2n) is 12.6. The van der Waals surface area contributed by atoms with Gasteiger partial charge in [-0.1, -0.05) is 18.2 Å². The third kappa shape index (κ3) is 7.37. The lowest BCUT2D eigenvalue weighted by atomic mass is 9.83. The number of nitrogens with zero attached hydrogens (tertiary/aromatic N) is 1. The van der Waals surface area contributed by atoms with Gasteiger partial charge in [-0.05, 0) is 126 Å². The molecule has 0 aliphatic carbocycles. The predicted octanol–water partition coefficient (Wildman–Crippen LogP) is 6.72. The number of benzene rings is 2. The highest BCUT2D eigenvalue weighted by molar-refractivity contribution is 5.92. The summed E-state index contributed by atoms with van der Waals surface area (Å²) in [4.78, 5) is 17.8. The second-order valence-corrected chi connectivity index (χ2v) is 12.6. The molecule has 42 heavy (non-hydrogen) atoms. The number of hydrogen-bond donors (Lipinski definition) is 2. The van der Waals surface area contributed by atoms with E-state index in [4.69, 9.17) is 19.6 Å². The molecular weight excluding hydrogens is 531 g/mol. The van der Waals surface area contributed by atoms with Crippen LogP contribution in [0.4, 0.5) is 4.39 Å². The van der Waals surface area contributed by atoms with Crippen molar-refractivity contribution in [3.8, 4) is 28.0 Å². The van der Waals surface area contributed by atoms with E-state index in [0.717, 1.165) is 82.7 Å². The Bertz CT molecular complexity index is 1470. The first-order chi connectivity index (χ1) is 19.7. The molecule has 0 fully saturated rings. The van der Waals surface area contributed by atoms with Crippen LogP contribution in [0.2, 0.25) is 0 Å². The molecule has 1 aromatic heterocycles. The topological polar surface area (TPSA) is 80.7 Å². The predicted molar refractivity (Wildman–Crippen MR) is 165 cm³/mol. The zero-order valence-corrected chi connectivity index (χ0v) is 26.3. The molecule has 6 nitrogen and oxygen atoms in total. The summed E-state index contributed by atoms with van der Waals surface area (Å²) >= 11 is 0. The Morgan fingerprint density at radius 2 is 1.81 bits per heavy atom. The first kappa shape index (κ1) is 31.6. The van der Waals surface area contributed by atoms with E-state index in [0.29, 0.717) is 12.4 Å². The average molecular weight is 577 g/mol. The van der Waals surface area contributed by atoms with Crippen molar-refractivity contribution >= 4 is 5.97 Å². The minimum Gasteiger partial charge on any atom is -0.490 e. The number of rotatable bonds is 5. The van der Waals surface area contributed by atoms with Crippen LogP contribution >= 0.6 is 0 Å². The quantitative estimate of drug-likeness (QED) is 0.328. The molecule has 0 atom stereocenters. The van der Waals surface area contributed by atoms with E-state index in [1.54, 1.807) is 26.8 Å². The first-order valence-electron chi connectivity index (χ1n) is 14.9. The molecule has 226 valence electrons. The number of hydrogen-bond acceptors (Lipinski definition) is 6. The first-order valence-corrected chi connectivity index (χ1v) is 14.9. The Hall–Kier alpha value is -3.29. The molecule has 0 radical (unpaired) electrons. The van der Waals surface area contributed by atoms with Crippen molar-refractivity contribution in [1.82, 2.24) is 10.3 Å². The minimum atomic E-state index is -0.500. The van der Waals surface area contributed by atoms with E-state index in [1.165, 1.54) is 11.1 Å². The molecule has 5 rings (SSSR count). The van der Waals surface area contributed by atoms with Gasteiger partial charge in [-0.25, -0.2) is 4.39 Å². The highest BCUT2D eigenvalue weighted by Crippen LogP contribution is 2.44. The maximum atomic E-state index is 15.5. The van der Waals surface area contributed by atoms with Crippen LogP contribution in [0, 0.1) is 26.6 Å². The minimum absolute atomic E-state index is 0.0726. The molecule has 3 aromatic rings. The van der Waals surface area contributed by atoms with Crippen molar-refractivity contribution in [2.24, 2.45) is 0 Å². The Kier molecular flexibility index (Phi) is 9.74. The van der Waals surface area contributed by atoms with Crippen LogP contribution in [-0.4, -0.2) is 40.9 Å². The van der Waals surface area contributed by atoms with Crippen molar-refractivity contribution in [3.63, 3.8) is 0 Å². The summed E-state index contributed by atoms with van der Waals surface area (Å²) in [5, 5.41) is 11.9. The summed E-state index contributed by atoms with van der Waals surface area (Å²) in [6.07, 6.45) is 2.42. The van der Waals surface area contributed by atoms with Crippen LogP contribution in [0.3, 0.4) is 0 Å². The Morgan fingerprint density at radius 3 is 2.50 bits per heavy atom. The van der Waals surface area contributed by atoms with Crippen LogP contribution < -0.4 is 10.1 Å². The van der Waals surface area contributed by atoms with Gasteiger partial charge in [0.25, 0.3) is 0 Å². The summed E-state index contributed by atoms with van der Waals surface area (Å²) in [6.45, 7) is 17.2. The van der Waals surface area contributed by atoms with Crippen molar-refractivity contribution in [1.29, 1.82) is 0 Å². The second kappa shape index (κ2) is 12.9. The molecule has 2 N–H and O–H groups in total. The normalized spacial score (nSPS) is 14.4. The van der Waals surface area contributed by atoms with E-state index in [1.807, 2.05) is 34.6 Å². The van der Waals surface area contributed by atoms with Gasteiger partial charge in [-0.3, -0.25) is 9.78 Å². The molecule has 3 heterocycles. The van der Waals surface area contributed by atoms with Crippen molar-refractivity contribution in [2.45, 2.75) is 99.3 Å². The fourth-order valence-corrected chi connectivity index (χ4v) is 5.75. The number of carbonyl (C=O) groups is 1. The maximum absolute atomic E-state index is 15.5. The Morgan fingerprint density at radius 1 is 1.10 bits per heavy atom. The fraction of sp³-hybridized carbons (Fsp3) is 0.486. The van der Waals surface area contributed by atoms with Gasteiger partial charge in [0.05, 0.1) is 24.7 Å². The number of pyridine rings is 1. The van der Waals surface area contributed by atoms with Gasteiger partial charge in [0.15, 0.2) is 11.6 Å². The summed E-state index contributed by atoms with van der Waals surface area (Å²) in [7, 11) is 0. The highest BCUT2D eigenvalue weighted by Gasteiger charge is 2.27. The maximum Gasteiger partial charge on any atom is 0.310 e. The Balaban J connectivity index is 0.000000748. The van der Waals surface area contributed by atoms with Crippen molar-refractivity contribution < 1.29 is 23.8 Å². The van der Waals surface area contributed by atoms with Gasteiger partial charge in [-0.15, -0.1) is 0 Å². The van der Waals surface area contributed by atoms with Gasteiger partial charge in [0.1, 0.15) is 0 Å². The van der Waals surface area contributed by atoms with Crippen LogP contribution in [0.25, 0.3) is 22.3 Å². The van der Waals surface area contributed by atoms with Crippen molar-refractivity contribution in [2.75, 3.05) is 13.2 Å². The summed E-state index contributed by atoms with van der Waals surface area (Å²) in [6, 6.07) is 8.11. The largest absolute Gasteiger partial charge is 0.490 e. The zero-order valence-electron chi connectivity index (χ0n) is 26.3. The van der Waals surface area contributed by atoms with E-state index < -0.39 is 5.60 Å². The lowest BCUT2D eigenvalue weighted by molar-refractivity contribution is -0.146. The molecule has 2 aliphatic heterocycles. The highest BCUT2D eigenvalue weighted by atomic mass is 19.1. The number of aryl methyl sites for hydroxylation is 2. The van der Waals surface area contributed by atoms with Crippen LogP contribution in [0.1, 0.15) is 80.2 Å². The van der Waals surface area contributed by atoms with Crippen molar-refractivity contribution in [3.05, 3.63) is 69.3 Å². The molecule has 2 aliphatic rings. The van der Waals surface area contributed by atoms with E-state index in [2.05, 4.69) is 23.5 Å². The standard InChI is InChI=1S/C31H35FN2O3.C4H10O/c1-17(2)37-28(35)15-26-19(4)34-20(5)29(22-8-9-23-16-33-11-10-21(23)13-22)30(26)25-14-27(32)31-24(18(25)3)7-6-12-36-31;1-4(2,3)5/h8-9,13-14,17,33H,6-7,10-12,15-16H2,1-5H3;5H,1-3H3.